The highest BCUT2D eigenvalue weighted by Crippen LogP contribution is 2.34. The van der Waals surface area contributed by atoms with Crippen LogP contribution < -0.4 is 0 Å². The van der Waals surface area contributed by atoms with Gasteiger partial charge in [-0.25, -0.2) is 0 Å². The Labute approximate surface area is 131 Å². The van der Waals surface area contributed by atoms with Crippen LogP contribution in [0.15, 0.2) is 40.4 Å². The Morgan fingerprint density at radius 3 is 2.73 bits per heavy atom. The van der Waals surface area contributed by atoms with Gasteiger partial charge in [-0.15, -0.1) is 0 Å². The number of dihydropyridines is 1. The highest BCUT2D eigenvalue weighted by Gasteiger charge is 2.26. The number of aliphatic imine (C=N–C) groups is 1. The lowest BCUT2D eigenvalue weighted by atomic mass is 9.77. The van der Waals surface area contributed by atoms with Gasteiger partial charge in [0, 0.05) is 24.6 Å². The molecule has 1 fully saturated rings. The van der Waals surface area contributed by atoms with Crippen LogP contribution in [0, 0.1) is 11.8 Å². The highest BCUT2D eigenvalue weighted by molar-refractivity contribution is 6.00. The van der Waals surface area contributed by atoms with E-state index >= 15 is 0 Å². The van der Waals surface area contributed by atoms with Gasteiger partial charge in [0.1, 0.15) is 6.29 Å². The number of Topliss-reactive ketones (excluding diaryl/α,β-unsaturated/α-hetero) is 1. The van der Waals surface area contributed by atoms with Gasteiger partial charge in [0.05, 0.1) is 6.04 Å². The molecule has 3 rings (SSSR count). The molecule has 0 aromatic carbocycles. The zero-order valence-electron chi connectivity index (χ0n) is 12.9. The van der Waals surface area contributed by atoms with E-state index in [0.717, 1.165) is 49.5 Å². The van der Waals surface area contributed by atoms with Crippen LogP contribution >= 0.6 is 0 Å². The molecule has 2 aliphatic carbocycles. The quantitative estimate of drug-likeness (QED) is 0.728. The second-order valence-corrected chi connectivity index (χ2v) is 6.60. The number of aldehydes is 1. The maximum atomic E-state index is 12.7. The van der Waals surface area contributed by atoms with E-state index in [2.05, 4.69) is 11.1 Å². The van der Waals surface area contributed by atoms with Gasteiger partial charge < -0.3 is 4.79 Å². The number of hydrogen-bond donors (Lipinski definition) is 0. The van der Waals surface area contributed by atoms with E-state index in [9.17, 15) is 9.59 Å². The molecule has 3 aliphatic rings. The molecular formula is C19H23NO2. The molecule has 1 unspecified atom stereocenters. The fourth-order valence-electron chi connectivity index (χ4n) is 3.79. The fraction of sp³-hybridized carbons (Fsp3) is 0.526. The van der Waals surface area contributed by atoms with E-state index in [1.165, 1.54) is 0 Å². The van der Waals surface area contributed by atoms with Crippen molar-refractivity contribution in [2.45, 2.75) is 51.0 Å². The number of nitrogens with zero attached hydrogens (tertiary/aromatic N) is 1. The Morgan fingerprint density at radius 2 is 1.95 bits per heavy atom. The Hall–Kier alpha value is -1.77. The molecule has 0 N–H and O–H groups in total. The van der Waals surface area contributed by atoms with Gasteiger partial charge in [0.25, 0.3) is 0 Å². The topological polar surface area (TPSA) is 46.5 Å². The first-order valence-corrected chi connectivity index (χ1v) is 8.35. The van der Waals surface area contributed by atoms with Crippen molar-refractivity contribution >= 4 is 18.3 Å². The lowest BCUT2D eigenvalue weighted by molar-refractivity contribution is -0.116. The van der Waals surface area contributed by atoms with E-state index in [1.54, 1.807) is 0 Å². The predicted molar refractivity (Wildman–Crippen MR) is 88.0 cm³/mol. The largest absolute Gasteiger partial charge is 0.303 e. The zero-order valence-corrected chi connectivity index (χ0v) is 12.9. The number of hydrogen-bond acceptors (Lipinski definition) is 3. The standard InChI is InChI=1S/C19H23NO2/c21-12-10-14-6-8-15(9-7-14)13-19(22)17-3-1-5-18-16(17)4-2-11-20-18/h1-4,11-12,14-15,18H,5-10,13H2. The summed E-state index contributed by atoms with van der Waals surface area (Å²) in [5.74, 6) is 1.28. The Balaban J connectivity index is 1.62. The average molecular weight is 297 g/mol. The highest BCUT2D eigenvalue weighted by atomic mass is 16.1. The van der Waals surface area contributed by atoms with Crippen LogP contribution in [0.4, 0.5) is 0 Å². The SMILES string of the molecule is O=CCC1CCC(CC(=O)C2=C3C=CC=NC3CC=C2)CC1. The number of allylic oxidation sites excluding steroid dienone is 3. The van der Waals surface area contributed by atoms with E-state index in [4.69, 9.17) is 0 Å². The number of ketones is 1. The van der Waals surface area contributed by atoms with Gasteiger partial charge in [0.2, 0.25) is 0 Å². The minimum absolute atomic E-state index is 0.136. The molecule has 1 atom stereocenters. The van der Waals surface area contributed by atoms with Crippen LogP contribution in [0.2, 0.25) is 0 Å². The lowest BCUT2D eigenvalue weighted by Gasteiger charge is -2.28. The minimum atomic E-state index is 0.136. The molecule has 22 heavy (non-hydrogen) atoms. The summed E-state index contributed by atoms with van der Waals surface area (Å²) < 4.78 is 0. The van der Waals surface area contributed by atoms with E-state index < -0.39 is 0 Å². The van der Waals surface area contributed by atoms with Gasteiger partial charge in [-0.3, -0.25) is 9.79 Å². The lowest BCUT2D eigenvalue weighted by Crippen LogP contribution is -2.21. The van der Waals surface area contributed by atoms with Crippen molar-refractivity contribution in [2.75, 3.05) is 0 Å². The Bertz CT molecular complexity index is 560. The average Bonchev–Trinajstić information content (AvgIpc) is 2.56. The molecule has 0 bridgehead atoms. The van der Waals surface area contributed by atoms with Crippen molar-refractivity contribution in [3.05, 3.63) is 35.5 Å². The summed E-state index contributed by atoms with van der Waals surface area (Å²) in [6.07, 6.45) is 17.4. The third-order valence-electron chi connectivity index (χ3n) is 5.11. The molecule has 1 aliphatic heterocycles. The summed E-state index contributed by atoms with van der Waals surface area (Å²) in [5, 5.41) is 0. The van der Waals surface area contributed by atoms with Crippen molar-refractivity contribution in [2.24, 2.45) is 16.8 Å². The van der Waals surface area contributed by atoms with Crippen LogP contribution in [0.3, 0.4) is 0 Å². The third kappa shape index (κ3) is 3.34. The maximum Gasteiger partial charge on any atom is 0.163 e. The molecule has 0 saturated heterocycles. The van der Waals surface area contributed by atoms with Crippen molar-refractivity contribution in [1.29, 1.82) is 0 Å². The van der Waals surface area contributed by atoms with Gasteiger partial charge in [-0.05, 0) is 55.6 Å². The molecule has 0 radical (unpaired) electrons. The molecule has 116 valence electrons. The second kappa shape index (κ2) is 6.99. The number of fused-ring (bicyclic) bond motifs is 1. The number of carbonyl (C=O) groups excluding carboxylic acids is 2. The van der Waals surface area contributed by atoms with E-state index in [1.807, 2.05) is 24.4 Å². The van der Waals surface area contributed by atoms with E-state index in [-0.39, 0.29) is 11.8 Å². The molecule has 1 saturated carbocycles. The Morgan fingerprint density at radius 1 is 1.18 bits per heavy atom. The first-order chi connectivity index (χ1) is 10.8. The third-order valence-corrected chi connectivity index (χ3v) is 5.11. The summed E-state index contributed by atoms with van der Waals surface area (Å²) in [5.41, 5.74) is 1.95. The van der Waals surface area contributed by atoms with Crippen molar-refractivity contribution in [1.82, 2.24) is 0 Å². The molecular weight excluding hydrogens is 274 g/mol. The molecule has 1 heterocycles. The molecule has 0 aromatic rings. The summed E-state index contributed by atoms with van der Waals surface area (Å²) in [6.45, 7) is 0. The van der Waals surface area contributed by atoms with Gasteiger partial charge in [-0.1, -0.05) is 18.2 Å². The van der Waals surface area contributed by atoms with Crippen molar-refractivity contribution in [3.63, 3.8) is 0 Å². The minimum Gasteiger partial charge on any atom is -0.303 e. The van der Waals surface area contributed by atoms with Gasteiger partial charge >= 0.3 is 0 Å². The summed E-state index contributed by atoms with van der Waals surface area (Å²) >= 11 is 0. The van der Waals surface area contributed by atoms with Crippen LogP contribution in [-0.2, 0) is 9.59 Å². The molecule has 0 aromatic heterocycles. The number of rotatable bonds is 5. The second-order valence-electron chi connectivity index (χ2n) is 6.60. The summed E-state index contributed by atoms with van der Waals surface area (Å²) in [6, 6.07) is 0.136. The van der Waals surface area contributed by atoms with E-state index in [0.29, 0.717) is 24.7 Å². The zero-order chi connectivity index (χ0) is 15.4. The van der Waals surface area contributed by atoms with Crippen LogP contribution in [0.1, 0.15) is 44.9 Å². The first-order valence-electron chi connectivity index (χ1n) is 8.35. The van der Waals surface area contributed by atoms with Crippen LogP contribution in [0.5, 0.6) is 0 Å². The van der Waals surface area contributed by atoms with Crippen molar-refractivity contribution in [3.8, 4) is 0 Å². The van der Waals surface area contributed by atoms with Crippen LogP contribution in [-0.4, -0.2) is 24.3 Å². The monoisotopic (exact) mass is 297 g/mol. The van der Waals surface area contributed by atoms with Gasteiger partial charge in [0.15, 0.2) is 5.78 Å². The summed E-state index contributed by atoms with van der Waals surface area (Å²) in [7, 11) is 0. The van der Waals surface area contributed by atoms with Crippen molar-refractivity contribution < 1.29 is 9.59 Å². The normalized spacial score (nSPS) is 30.3. The molecule has 3 heteroatoms. The van der Waals surface area contributed by atoms with Gasteiger partial charge in [-0.2, -0.15) is 0 Å². The molecule has 0 spiro atoms. The predicted octanol–water partition coefficient (Wildman–Crippen LogP) is 3.61. The van der Waals surface area contributed by atoms with Crippen LogP contribution in [0.25, 0.3) is 0 Å². The fourth-order valence-corrected chi connectivity index (χ4v) is 3.79. The molecule has 3 nitrogen and oxygen atoms in total. The first kappa shape index (κ1) is 15.1. The molecule has 0 amide bonds. The number of carbonyl (C=O) groups is 2. The summed E-state index contributed by atoms with van der Waals surface area (Å²) in [4.78, 5) is 27.7. The Kier molecular flexibility index (Phi) is 4.81. The maximum absolute atomic E-state index is 12.7. The smallest absolute Gasteiger partial charge is 0.163 e.